The predicted molar refractivity (Wildman–Crippen MR) is 236 cm³/mol. The predicted octanol–water partition coefficient (Wildman–Crippen LogP) is 15.5. The van der Waals surface area contributed by atoms with Gasteiger partial charge in [0.25, 0.3) is 0 Å². The first-order valence-corrected chi connectivity index (χ1v) is 19.6. The quantitative estimate of drug-likeness (QED) is 0.169. The summed E-state index contributed by atoms with van der Waals surface area (Å²) in [5.41, 5.74) is 14.3. The molecule has 258 valence electrons. The van der Waals surface area contributed by atoms with Crippen LogP contribution in [-0.2, 0) is 0 Å². The van der Waals surface area contributed by atoms with Crippen molar-refractivity contribution in [3.8, 4) is 33.4 Å². The van der Waals surface area contributed by atoms with Gasteiger partial charge in [0, 0.05) is 53.9 Å². The molecule has 11 rings (SSSR count). The fourth-order valence-corrected chi connectivity index (χ4v) is 9.52. The first-order chi connectivity index (χ1) is 27.3. The van der Waals surface area contributed by atoms with Gasteiger partial charge in [-0.05, 0) is 106 Å². The number of rotatable bonds is 6. The molecule has 1 aliphatic heterocycles. The molecule has 0 saturated carbocycles. The molecule has 9 aromatic carbocycles. The van der Waals surface area contributed by atoms with Gasteiger partial charge >= 0.3 is 0 Å². The van der Waals surface area contributed by atoms with Crippen molar-refractivity contribution in [2.24, 2.45) is 0 Å². The van der Waals surface area contributed by atoms with Gasteiger partial charge in [0.2, 0.25) is 0 Å². The number of para-hydroxylation sites is 1. The summed E-state index contributed by atoms with van der Waals surface area (Å²) in [6, 6.07) is 75.2. The third-order valence-electron chi connectivity index (χ3n) is 11.0. The molecule has 0 saturated heterocycles. The topological polar surface area (TPSA) is 6.48 Å². The number of fused-ring (bicyclic) bond motifs is 5. The zero-order valence-corrected chi connectivity index (χ0v) is 30.7. The fraction of sp³-hybridized carbons (Fsp3) is 0. The maximum absolute atomic E-state index is 2.41. The zero-order valence-electron chi connectivity index (χ0n) is 29.9. The van der Waals surface area contributed by atoms with E-state index < -0.39 is 0 Å². The molecule has 2 heterocycles. The van der Waals surface area contributed by atoms with Gasteiger partial charge in [0.05, 0.1) is 11.4 Å². The van der Waals surface area contributed by atoms with Gasteiger partial charge in [0.1, 0.15) is 0 Å². The Morgan fingerprint density at radius 2 is 0.964 bits per heavy atom. The first kappa shape index (κ1) is 31.6. The summed E-state index contributed by atoms with van der Waals surface area (Å²) >= 11 is 1.86. The minimum absolute atomic E-state index is 1.11. The maximum Gasteiger partial charge on any atom is 0.0546 e. The van der Waals surface area contributed by atoms with Crippen LogP contribution in [0.2, 0.25) is 0 Å². The lowest BCUT2D eigenvalue weighted by molar-refractivity contribution is 1.28. The molecule has 55 heavy (non-hydrogen) atoms. The molecule has 0 radical (unpaired) electrons. The molecule has 0 fully saturated rings. The molecule has 0 bridgehead atoms. The summed E-state index contributed by atoms with van der Waals surface area (Å²) in [5, 5.41) is 5.16. The highest BCUT2D eigenvalue weighted by Gasteiger charge is 2.26. The van der Waals surface area contributed by atoms with Crippen LogP contribution in [0.5, 0.6) is 0 Å². The molecule has 0 spiro atoms. The molecule has 0 amide bonds. The van der Waals surface area contributed by atoms with Crippen LogP contribution in [0.15, 0.2) is 206 Å². The van der Waals surface area contributed by atoms with Gasteiger partial charge in [-0.15, -0.1) is 11.3 Å². The van der Waals surface area contributed by atoms with Crippen molar-refractivity contribution in [2.45, 2.75) is 0 Å². The minimum Gasteiger partial charge on any atom is -0.310 e. The second-order valence-electron chi connectivity index (χ2n) is 14.2. The highest BCUT2D eigenvalue weighted by Crippen LogP contribution is 2.52. The Morgan fingerprint density at radius 1 is 0.364 bits per heavy atom. The van der Waals surface area contributed by atoms with E-state index in [1.54, 1.807) is 0 Å². The van der Waals surface area contributed by atoms with Gasteiger partial charge in [-0.25, -0.2) is 0 Å². The van der Waals surface area contributed by atoms with E-state index >= 15 is 0 Å². The highest BCUT2D eigenvalue weighted by atomic mass is 32.1. The van der Waals surface area contributed by atoms with Crippen LogP contribution in [0.25, 0.3) is 64.3 Å². The number of hydrogen-bond donors (Lipinski definition) is 0. The molecule has 10 aromatic rings. The molecule has 0 atom stereocenters. The Morgan fingerprint density at radius 3 is 1.73 bits per heavy atom. The summed E-state index contributed by atoms with van der Waals surface area (Å²) in [6.07, 6.45) is 0. The third-order valence-corrected chi connectivity index (χ3v) is 12.1. The van der Waals surface area contributed by atoms with E-state index in [9.17, 15) is 0 Å². The van der Waals surface area contributed by atoms with E-state index in [-0.39, 0.29) is 0 Å². The van der Waals surface area contributed by atoms with Gasteiger partial charge in [-0.3, -0.25) is 0 Å². The third kappa shape index (κ3) is 5.32. The molecule has 0 aliphatic carbocycles. The van der Waals surface area contributed by atoms with E-state index in [2.05, 4.69) is 216 Å². The number of benzene rings is 9. The van der Waals surface area contributed by atoms with Crippen LogP contribution in [-0.4, -0.2) is 0 Å². The zero-order chi connectivity index (χ0) is 36.3. The van der Waals surface area contributed by atoms with Crippen LogP contribution in [0.3, 0.4) is 0 Å². The van der Waals surface area contributed by atoms with Gasteiger partial charge in [-0.1, -0.05) is 133 Å². The van der Waals surface area contributed by atoms with Gasteiger partial charge in [-0.2, -0.15) is 0 Å². The average molecular weight is 719 g/mol. The molecule has 3 heteroatoms. The first-order valence-electron chi connectivity index (χ1n) is 18.8. The lowest BCUT2D eigenvalue weighted by atomic mass is 9.89. The Balaban J connectivity index is 1.01. The number of anilines is 6. The lowest BCUT2D eigenvalue weighted by Crippen LogP contribution is -2.15. The van der Waals surface area contributed by atoms with Crippen molar-refractivity contribution in [3.63, 3.8) is 0 Å². The van der Waals surface area contributed by atoms with Crippen molar-refractivity contribution < 1.29 is 0 Å². The number of nitrogens with zero attached hydrogens (tertiary/aromatic N) is 2. The molecular formula is C52H34N2S. The van der Waals surface area contributed by atoms with E-state index in [0.717, 1.165) is 22.7 Å². The molecular weight excluding hydrogens is 685 g/mol. The molecule has 2 nitrogen and oxygen atoms in total. The van der Waals surface area contributed by atoms with E-state index in [0.29, 0.717) is 0 Å². The van der Waals surface area contributed by atoms with E-state index in [4.69, 9.17) is 0 Å². The second kappa shape index (κ2) is 12.9. The number of thiophene rings is 1. The van der Waals surface area contributed by atoms with Crippen molar-refractivity contribution in [1.82, 2.24) is 0 Å². The molecule has 1 aliphatic rings. The van der Waals surface area contributed by atoms with Gasteiger partial charge < -0.3 is 9.80 Å². The Kier molecular flexibility index (Phi) is 7.39. The monoisotopic (exact) mass is 718 g/mol. The van der Waals surface area contributed by atoms with Crippen LogP contribution < -0.4 is 9.80 Å². The van der Waals surface area contributed by atoms with Crippen molar-refractivity contribution in [3.05, 3.63) is 206 Å². The largest absolute Gasteiger partial charge is 0.310 e. The fourth-order valence-electron chi connectivity index (χ4n) is 8.38. The van der Waals surface area contributed by atoms with Crippen molar-refractivity contribution >= 4 is 76.4 Å². The minimum atomic E-state index is 1.11. The summed E-state index contributed by atoms with van der Waals surface area (Å²) in [7, 11) is 0. The Labute approximate surface area is 324 Å². The highest BCUT2D eigenvalue weighted by molar-refractivity contribution is 7.25. The smallest absolute Gasteiger partial charge is 0.0546 e. The lowest BCUT2D eigenvalue weighted by Gasteiger charge is -2.33. The van der Waals surface area contributed by atoms with Crippen molar-refractivity contribution in [2.75, 3.05) is 9.80 Å². The summed E-state index contributed by atoms with van der Waals surface area (Å²) in [5.74, 6) is 0. The SMILES string of the molecule is c1ccc(-c2ccc(N(c3ccc(-c4ccc5c(c4)-c4cccc6cccc(c46)N5c4ccccc4)cc3)c3ccc4c(c3)sc3ccccc34)cc2)cc1. The normalized spacial score (nSPS) is 12.0. The average Bonchev–Trinajstić information content (AvgIpc) is 3.63. The number of hydrogen-bond acceptors (Lipinski definition) is 3. The van der Waals surface area contributed by atoms with E-state index in [1.165, 1.54) is 75.7 Å². The van der Waals surface area contributed by atoms with Crippen LogP contribution in [0, 0.1) is 0 Å². The second-order valence-corrected chi connectivity index (χ2v) is 15.2. The summed E-state index contributed by atoms with van der Waals surface area (Å²) in [6.45, 7) is 0. The Hall–Kier alpha value is -6.94. The Bertz CT molecular complexity index is 3020. The van der Waals surface area contributed by atoms with Crippen LogP contribution in [0.4, 0.5) is 34.1 Å². The molecule has 1 aromatic heterocycles. The summed E-state index contributed by atoms with van der Waals surface area (Å²) < 4.78 is 2.60. The maximum atomic E-state index is 2.41. The van der Waals surface area contributed by atoms with E-state index in [1.807, 2.05) is 11.3 Å². The van der Waals surface area contributed by atoms with Gasteiger partial charge in [0.15, 0.2) is 0 Å². The summed E-state index contributed by atoms with van der Waals surface area (Å²) in [4.78, 5) is 4.79. The van der Waals surface area contributed by atoms with Crippen LogP contribution in [0.1, 0.15) is 0 Å². The standard InChI is InChI=1S/C52H34N2S/c1-3-11-35(12-4-1)36-21-26-41(27-22-36)53(43-30-31-45-44-17-7-8-20-50(44)55-51(45)34-43)42-28-23-37(24-29-42)39-25-32-48-47(33-39)46-18-9-13-38-14-10-19-49(52(38)46)54(48)40-15-5-2-6-16-40/h1-34H. The van der Waals surface area contributed by atoms with Crippen LogP contribution >= 0.6 is 11.3 Å². The molecule has 0 N–H and O–H groups in total. The molecule has 0 unspecified atom stereocenters. The van der Waals surface area contributed by atoms with Crippen molar-refractivity contribution in [1.29, 1.82) is 0 Å².